The minimum absolute atomic E-state index is 0.0982. The maximum atomic E-state index is 13.3. The van der Waals surface area contributed by atoms with Crippen LogP contribution in [0.5, 0.6) is 0 Å². The molecule has 33 heavy (non-hydrogen) atoms. The summed E-state index contributed by atoms with van der Waals surface area (Å²) in [5.41, 5.74) is 5.95. The molecule has 5 rings (SSSR count). The zero-order valence-corrected chi connectivity index (χ0v) is 19.7. The molecule has 0 bridgehead atoms. The van der Waals surface area contributed by atoms with Crippen molar-refractivity contribution in [2.45, 2.75) is 63.9 Å². The summed E-state index contributed by atoms with van der Waals surface area (Å²) >= 11 is 0. The molecule has 0 amide bonds. The van der Waals surface area contributed by atoms with Gasteiger partial charge in [0.1, 0.15) is 0 Å². The Labute approximate surface area is 194 Å². The average molecular weight is 473 g/mol. The lowest BCUT2D eigenvalue weighted by atomic mass is 9.99. The van der Waals surface area contributed by atoms with Crippen molar-refractivity contribution in [1.29, 1.82) is 0 Å². The monoisotopic (exact) mass is 472 g/mol. The van der Waals surface area contributed by atoms with Gasteiger partial charge in [0.2, 0.25) is 0 Å². The Morgan fingerprint density at radius 3 is 2.55 bits per heavy atom. The smallest absolute Gasteiger partial charge is 0.345 e. The van der Waals surface area contributed by atoms with Gasteiger partial charge in [0, 0.05) is 25.5 Å². The molecule has 1 fully saturated rings. The molecule has 1 aliphatic heterocycles. The molecule has 1 aromatic carbocycles. The molecule has 1 saturated heterocycles. The highest BCUT2D eigenvalue weighted by atomic mass is 32.2. The molecule has 10 heteroatoms. The fourth-order valence-electron chi connectivity index (χ4n) is 5.26. The molecule has 1 atom stereocenters. The van der Waals surface area contributed by atoms with Crippen molar-refractivity contribution in [2.75, 3.05) is 22.8 Å². The van der Waals surface area contributed by atoms with E-state index >= 15 is 0 Å². The van der Waals surface area contributed by atoms with Crippen LogP contribution in [-0.4, -0.2) is 43.5 Å². The van der Waals surface area contributed by atoms with Crippen LogP contribution in [0.25, 0.3) is 0 Å². The van der Waals surface area contributed by atoms with Crippen LogP contribution < -0.4 is 14.7 Å². The number of ether oxygens (including phenoxy) is 1. The third kappa shape index (κ3) is 4.59. The molecule has 178 valence electrons. The number of amidine groups is 1. The van der Waals surface area contributed by atoms with E-state index in [9.17, 15) is 13.5 Å². The van der Waals surface area contributed by atoms with Crippen molar-refractivity contribution >= 4 is 27.6 Å². The summed E-state index contributed by atoms with van der Waals surface area (Å²) in [6.45, 7) is 0.703. The summed E-state index contributed by atoms with van der Waals surface area (Å²) in [5, 5.41) is 19.9. The first-order valence-corrected chi connectivity index (χ1v) is 13.1. The van der Waals surface area contributed by atoms with Crippen LogP contribution >= 0.6 is 0 Å². The number of nitrogens with one attached hydrogen (secondary N) is 1. The fraction of sp³-hybridized carbons (Fsp3) is 0.565. The van der Waals surface area contributed by atoms with Crippen LogP contribution in [-0.2, 0) is 47.7 Å². The van der Waals surface area contributed by atoms with Crippen LogP contribution in [0.2, 0.25) is 0 Å². The van der Waals surface area contributed by atoms with Crippen LogP contribution in [0.4, 0.5) is 11.4 Å². The second kappa shape index (κ2) is 8.98. The highest BCUT2D eigenvalue weighted by Crippen LogP contribution is 2.38. The lowest BCUT2D eigenvalue weighted by molar-refractivity contribution is -0.213. The first kappa shape index (κ1) is 22.2. The molecule has 2 heterocycles. The van der Waals surface area contributed by atoms with E-state index in [1.165, 1.54) is 22.0 Å². The average Bonchev–Trinajstić information content (AvgIpc) is 3.53. The third-order valence-electron chi connectivity index (χ3n) is 6.80. The van der Waals surface area contributed by atoms with Crippen LogP contribution in [0.15, 0.2) is 22.9 Å². The zero-order chi connectivity index (χ0) is 23.0. The molecular weight excluding hydrogens is 442 g/mol. The first-order valence-electron chi connectivity index (χ1n) is 11.7. The van der Waals surface area contributed by atoms with Gasteiger partial charge in [-0.2, -0.15) is 13.5 Å². The Kier molecular flexibility index (Phi) is 6.05. The molecule has 1 N–H and O–H groups in total. The predicted molar refractivity (Wildman–Crippen MR) is 125 cm³/mol. The normalized spacial score (nSPS) is 20.5. The molecule has 3 aliphatic rings. The minimum Gasteiger partial charge on any atom is -0.845 e. The van der Waals surface area contributed by atoms with Gasteiger partial charge in [-0.3, -0.25) is 4.68 Å². The highest BCUT2D eigenvalue weighted by molar-refractivity contribution is 7.91. The maximum absolute atomic E-state index is 13.3. The zero-order valence-electron chi connectivity index (χ0n) is 18.9. The number of aryl methyl sites for hydroxylation is 3. The predicted octanol–water partition coefficient (Wildman–Crippen LogP) is 1.85. The SMILES string of the molecule is Cn1cc(N(CC2CCCCO2)S(=O)(=O)/N=C(\[O-])Nc2c3c(cc4c2CCC4)CCC3)cn1. The number of hydrogen-bond donors (Lipinski definition) is 1. The number of rotatable bonds is 6. The summed E-state index contributed by atoms with van der Waals surface area (Å²) in [6, 6.07) is 1.41. The largest absolute Gasteiger partial charge is 0.845 e. The first-order chi connectivity index (χ1) is 15.9. The standard InChI is InChI=1S/C23H31N5O4S/c1-27-14-18(13-24-27)28(15-19-8-2-3-11-32-19)33(30,31)26-23(29)25-22-20-9-4-6-16(20)12-17-7-5-10-21(17)22/h12-14,19H,2-11,15H2,1H3,(H2,25,26,29)/p-1. The Morgan fingerprint density at radius 2 is 1.94 bits per heavy atom. The summed E-state index contributed by atoms with van der Waals surface area (Å²) in [5.74, 6) is 0. The van der Waals surface area contributed by atoms with Crippen LogP contribution in [0, 0.1) is 0 Å². The molecule has 2 aliphatic carbocycles. The van der Waals surface area contributed by atoms with Crippen molar-refractivity contribution in [1.82, 2.24) is 9.78 Å². The van der Waals surface area contributed by atoms with E-state index in [-0.39, 0.29) is 12.6 Å². The molecule has 2 aromatic rings. The number of hydrogen-bond acceptors (Lipinski definition) is 5. The van der Waals surface area contributed by atoms with Gasteiger partial charge in [-0.05, 0) is 80.0 Å². The lowest BCUT2D eigenvalue weighted by Gasteiger charge is -2.29. The quantitative estimate of drug-likeness (QED) is 0.507. The van der Waals surface area contributed by atoms with E-state index in [0.29, 0.717) is 12.3 Å². The summed E-state index contributed by atoms with van der Waals surface area (Å²) < 4.78 is 38.7. The Hall–Kier alpha value is -2.59. The van der Waals surface area contributed by atoms with E-state index in [0.717, 1.165) is 78.9 Å². The van der Waals surface area contributed by atoms with E-state index in [1.54, 1.807) is 13.2 Å². The van der Waals surface area contributed by atoms with Gasteiger partial charge in [0.25, 0.3) is 0 Å². The summed E-state index contributed by atoms with van der Waals surface area (Å²) in [4.78, 5) is 0. The van der Waals surface area contributed by atoms with E-state index < -0.39 is 16.2 Å². The van der Waals surface area contributed by atoms with Crippen LogP contribution in [0.3, 0.4) is 0 Å². The number of fused-ring (bicyclic) bond motifs is 2. The van der Waals surface area contributed by atoms with Crippen molar-refractivity contribution in [3.8, 4) is 0 Å². The minimum atomic E-state index is -4.30. The Bertz CT molecular complexity index is 1140. The molecule has 0 radical (unpaired) electrons. The second-order valence-electron chi connectivity index (χ2n) is 9.13. The van der Waals surface area contributed by atoms with Crippen LogP contribution in [0.1, 0.15) is 54.4 Å². The molecule has 1 unspecified atom stereocenters. The molecule has 0 saturated carbocycles. The van der Waals surface area contributed by atoms with Gasteiger partial charge in [0.15, 0.2) is 0 Å². The highest BCUT2D eigenvalue weighted by Gasteiger charge is 2.29. The summed E-state index contributed by atoms with van der Waals surface area (Å²) in [7, 11) is -2.58. The summed E-state index contributed by atoms with van der Waals surface area (Å²) in [6.07, 6.45) is 11.4. The van der Waals surface area contributed by atoms with Gasteiger partial charge in [0.05, 0.1) is 30.6 Å². The van der Waals surface area contributed by atoms with Gasteiger partial charge < -0.3 is 15.2 Å². The van der Waals surface area contributed by atoms with Crippen molar-refractivity contribution in [3.05, 3.63) is 40.7 Å². The Morgan fingerprint density at radius 1 is 1.21 bits per heavy atom. The number of aromatic nitrogens is 2. The second-order valence-corrected chi connectivity index (χ2v) is 10.6. The third-order valence-corrected chi connectivity index (χ3v) is 8.12. The fourth-order valence-corrected chi connectivity index (χ4v) is 6.33. The lowest BCUT2D eigenvalue weighted by Crippen LogP contribution is -2.40. The topological polar surface area (TPSA) is 112 Å². The molecule has 9 nitrogen and oxygen atoms in total. The molecule has 0 spiro atoms. The van der Waals surface area contributed by atoms with Gasteiger partial charge in [-0.25, -0.2) is 4.31 Å². The Balaban J connectivity index is 1.44. The van der Waals surface area contributed by atoms with Crippen molar-refractivity contribution < 1.29 is 18.3 Å². The van der Waals surface area contributed by atoms with Gasteiger partial charge in [-0.15, -0.1) is 4.40 Å². The molecular formula is C23H30N5O4S-. The molecule has 1 aromatic heterocycles. The number of nitrogens with zero attached hydrogens (tertiary/aromatic N) is 4. The van der Waals surface area contributed by atoms with Crippen molar-refractivity contribution in [3.63, 3.8) is 0 Å². The number of anilines is 2. The van der Waals surface area contributed by atoms with E-state index in [4.69, 9.17) is 4.74 Å². The van der Waals surface area contributed by atoms with E-state index in [2.05, 4.69) is 20.9 Å². The van der Waals surface area contributed by atoms with Crippen molar-refractivity contribution in [2.24, 2.45) is 11.4 Å². The maximum Gasteiger partial charge on any atom is 0.345 e. The van der Waals surface area contributed by atoms with E-state index in [1.807, 2.05) is 0 Å². The number of benzene rings is 1. The van der Waals surface area contributed by atoms with Gasteiger partial charge in [-0.1, -0.05) is 6.07 Å². The van der Waals surface area contributed by atoms with Gasteiger partial charge >= 0.3 is 10.2 Å².